The molecule has 1 aromatic carbocycles. The summed E-state index contributed by atoms with van der Waals surface area (Å²) >= 11 is 2.68. The lowest BCUT2D eigenvalue weighted by atomic mass is 10.2. The first-order chi connectivity index (χ1) is 13.6. The van der Waals surface area contributed by atoms with E-state index in [1.165, 1.54) is 23.1 Å². The van der Waals surface area contributed by atoms with Crippen molar-refractivity contribution in [1.29, 1.82) is 0 Å². The fraction of sp³-hybridized carbons (Fsp3) is 0.316. The van der Waals surface area contributed by atoms with E-state index in [1.807, 2.05) is 41.8 Å². The molecular formula is C19H21N5O2S2. The first kappa shape index (κ1) is 19.1. The quantitative estimate of drug-likeness (QED) is 0.421. The summed E-state index contributed by atoms with van der Waals surface area (Å²) in [6.07, 6.45) is 0.746. The molecule has 3 N–H and O–H groups in total. The average Bonchev–Trinajstić information content (AvgIpc) is 3.32. The van der Waals surface area contributed by atoms with E-state index in [9.17, 15) is 9.59 Å². The van der Waals surface area contributed by atoms with Crippen LogP contribution in [0.2, 0.25) is 0 Å². The van der Waals surface area contributed by atoms with Crippen molar-refractivity contribution in [1.82, 2.24) is 25.7 Å². The number of nitrogens with one attached hydrogen (secondary N) is 3. The van der Waals surface area contributed by atoms with Crippen LogP contribution in [0.4, 0.5) is 0 Å². The molecule has 0 spiro atoms. The molecule has 2 aromatic heterocycles. The highest BCUT2D eigenvalue weighted by Crippen LogP contribution is 2.21. The van der Waals surface area contributed by atoms with Gasteiger partial charge < -0.3 is 5.32 Å². The van der Waals surface area contributed by atoms with E-state index < -0.39 is 0 Å². The Hall–Kier alpha value is -2.20. The summed E-state index contributed by atoms with van der Waals surface area (Å²) in [7, 11) is 0. The molecule has 0 bridgehead atoms. The first-order valence-corrected chi connectivity index (χ1v) is 10.9. The Labute approximate surface area is 170 Å². The number of thioether (sulfide) groups is 1. The molecular weight excluding hydrogens is 394 g/mol. The van der Waals surface area contributed by atoms with E-state index in [-0.39, 0.29) is 23.4 Å². The van der Waals surface area contributed by atoms with Crippen LogP contribution < -0.4 is 21.7 Å². The molecule has 1 amide bonds. The number of aromatic nitrogens is 2. The summed E-state index contributed by atoms with van der Waals surface area (Å²) < 4.78 is 2.30. The number of benzene rings is 1. The Morgan fingerprint density at radius 3 is 2.89 bits per heavy atom. The van der Waals surface area contributed by atoms with E-state index in [1.54, 1.807) is 4.57 Å². The standard InChI is InChI=1S/C19H21N5O2S2/c1-12-9-15(23-22-12)21-16(25)11-28-19-20-14-7-8-27-17(14)18(26)24(19)10-13-5-3-2-4-6-13/h2-8,12,15,22-23H,9-11H2,1H3,(H,21,25). The van der Waals surface area contributed by atoms with Crippen molar-refractivity contribution < 1.29 is 4.79 Å². The first-order valence-electron chi connectivity index (χ1n) is 9.05. The van der Waals surface area contributed by atoms with Gasteiger partial charge in [-0.15, -0.1) is 11.3 Å². The van der Waals surface area contributed by atoms with Crippen molar-refractivity contribution in [3.05, 3.63) is 57.7 Å². The smallest absolute Gasteiger partial charge is 0.272 e. The molecule has 1 aliphatic heterocycles. The lowest BCUT2D eigenvalue weighted by Gasteiger charge is -2.14. The number of carbonyl (C=O) groups is 1. The molecule has 1 aliphatic rings. The van der Waals surface area contributed by atoms with Gasteiger partial charge in [0.1, 0.15) is 4.70 Å². The van der Waals surface area contributed by atoms with Gasteiger partial charge in [0.05, 0.1) is 24.0 Å². The van der Waals surface area contributed by atoms with Crippen LogP contribution >= 0.6 is 23.1 Å². The zero-order valence-electron chi connectivity index (χ0n) is 15.3. The number of rotatable bonds is 6. The van der Waals surface area contributed by atoms with E-state index in [4.69, 9.17) is 0 Å². The molecule has 4 rings (SSSR count). The molecule has 1 fully saturated rings. The van der Waals surface area contributed by atoms with Crippen LogP contribution in [-0.2, 0) is 11.3 Å². The van der Waals surface area contributed by atoms with Crippen LogP contribution in [0, 0.1) is 0 Å². The van der Waals surface area contributed by atoms with Crippen LogP contribution in [0.1, 0.15) is 18.9 Å². The minimum absolute atomic E-state index is 0.0674. The largest absolute Gasteiger partial charge is 0.339 e. The SMILES string of the molecule is CC1CC(NC(=O)CSc2nc3ccsc3c(=O)n2Cc2ccccc2)NN1. The highest BCUT2D eigenvalue weighted by molar-refractivity contribution is 7.99. The van der Waals surface area contributed by atoms with Gasteiger partial charge >= 0.3 is 0 Å². The molecule has 0 aliphatic carbocycles. The van der Waals surface area contributed by atoms with E-state index in [0.29, 0.717) is 28.0 Å². The zero-order chi connectivity index (χ0) is 19.5. The highest BCUT2D eigenvalue weighted by Gasteiger charge is 2.22. The Bertz CT molecular complexity index is 1030. The highest BCUT2D eigenvalue weighted by atomic mass is 32.2. The molecule has 3 aromatic rings. The van der Waals surface area contributed by atoms with E-state index in [2.05, 4.69) is 28.1 Å². The van der Waals surface area contributed by atoms with E-state index >= 15 is 0 Å². The minimum atomic E-state index is -0.0932. The molecule has 1 saturated heterocycles. The van der Waals surface area contributed by atoms with Crippen molar-refractivity contribution >= 4 is 39.2 Å². The molecule has 2 atom stereocenters. The number of carbonyl (C=O) groups excluding carboxylic acids is 1. The summed E-state index contributed by atoms with van der Waals surface area (Å²) in [5, 5.41) is 5.37. The molecule has 0 saturated carbocycles. The maximum atomic E-state index is 13.0. The van der Waals surface area contributed by atoms with Gasteiger partial charge in [0.2, 0.25) is 5.91 Å². The van der Waals surface area contributed by atoms with Crippen molar-refractivity contribution in [3.63, 3.8) is 0 Å². The van der Waals surface area contributed by atoms with Gasteiger partial charge in [-0.2, -0.15) is 0 Å². The summed E-state index contributed by atoms with van der Waals surface area (Å²) in [5.74, 6) is 0.105. The Kier molecular flexibility index (Phi) is 5.77. The van der Waals surface area contributed by atoms with Gasteiger partial charge in [-0.25, -0.2) is 10.4 Å². The van der Waals surface area contributed by atoms with Crippen LogP contribution in [0.15, 0.2) is 51.7 Å². The number of nitrogens with zero attached hydrogens (tertiary/aromatic N) is 2. The van der Waals surface area contributed by atoms with Crippen LogP contribution in [-0.4, -0.2) is 33.4 Å². The fourth-order valence-electron chi connectivity index (χ4n) is 3.11. The molecule has 3 heterocycles. The summed E-state index contributed by atoms with van der Waals surface area (Å²) in [6.45, 7) is 2.48. The van der Waals surface area contributed by atoms with Crippen molar-refractivity contribution in [2.45, 2.75) is 37.3 Å². The second-order valence-corrected chi connectivity index (χ2v) is 8.60. The van der Waals surface area contributed by atoms with Crippen LogP contribution in [0.25, 0.3) is 10.2 Å². The predicted molar refractivity (Wildman–Crippen MR) is 112 cm³/mol. The van der Waals surface area contributed by atoms with Crippen molar-refractivity contribution in [2.24, 2.45) is 0 Å². The summed E-state index contributed by atoms with van der Waals surface area (Å²) in [5.41, 5.74) is 7.76. The molecule has 146 valence electrons. The normalized spacial score (nSPS) is 19.2. The number of amides is 1. The maximum absolute atomic E-state index is 13.0. The lowest BCUT2D eigenvalue weighted by Crippen LogP contribution is -2.45. The third kappa shape index (κ3) is 4.27. The monoisotopic (exact) mass is 415 g/mol. The van der Waals surface area contributed by atoms with Gasteiger partial charge in [0, 0.05) is 6.04 Å². The third-order valence-corrected chi connectivity index (χ3v) is 6.34. The molecule has 7 nitrogen and oxygen atoms in total. The van der Waals surface area contributed by atoms with Gasteiger partial charge in [-0.05, 0) is 30.4 Å². The van der Waals surface area contributed by atoms with Crippen molar-refractivity contribution in [3.8, 4) is 0 Å². The van der Waals surface area contributed by atoms with Crippen LogP contribution in [0.5, 0.6) is 0 Å². The molecule has 0 radical (unpaired) electrons. The van der Waals surface area contributed by atoms with Gasteiger partial charge in [-0.3, -0.25) is 19.6 Å². The van der Waals surface area contributed by atoms with E-state index in [0.717, 1.165) is 12.0 Å². The van der Waals surface area contributed by atoms with Crippen LogP contribution in [0.3, 0.4) is 0 Å². The Morgan fingerprint density at radius 2 is 2.14 bits per heavy atom. The lowest BCUT2D eigenvalue weighted by molar-refractivity contribution is -0.119. The zero-order valence-corrected chi connectivity index (χ0v) is 17.0. The molecule has 2 unspecified atom stereocenters. The second kappa shape index (κ2) is 8.44. The van der Waals surface area contributed by atoms with Crippen molar-refractivity contribution in [2.75, 3.05) is 5.75 Å². The van der Waals surface area contributed by atoms with Gasteiger partial charge in [0.25, 0.3) is 5.56 Å². The predicted octanol–water partition coefficient (Wildman–Crippen LogP) is 1.93. The number of hydrazine groups is 1. The second-order valence-electron chi connectivity index (χ2n) is 6.74. The Balaban J connectivity index is 1.54. The number of hydrogen-bond donors (Lipinski definition) is 3. The summed E-state index contributed by atoms with van der Waals surface area (Å²) in [6, 6.07) is 11.9. The average molecular weight is 416 g/mol. The summed E-state index contributed by atoms with van der Waals surface area (Å²) in [4.78, 5) is 29.9. The van der Waals surface area contributed by atoms with Gasteiger partial charge in [-0.1, -0.05) is 42.1 Å². The molecule has 9 heteroatoms. The maximum Gasteiger partial charge on any atom is 0.272 e. The number of hydrogen-bond acceptors (Lipinski definition) is 7. The number of thiophene rings is 1. The van der Waals surface area contributed by atoms with Gasteiger partial charge in [0.15, 0.2) is 5.16 Å². The minimum Gasteiger partial charge on any atom is -0.339 e. The fourth-order valence-corrected chi connectivity index (χ4v) is 4.70. The molecule has 28 heavy (non-hydrogen) atoms. The number of fused-ring (bicyclic) bond motifs is 1. The third-order valence-electron chi connectivity index (χ3n) is 4.48. The topological polar surface area (TPSA) is 88.0 Å². The Morgan fingerprint density at radius 1 is 1.32 bits per heavy atom.